The topological polar surface area (TPSA) is 92.5 Å². The minimum atomic E-state index is -0.642. The molecule has 0 radical (unpaired) electrons. The Balaban J connectivity index is 1.14. The molecule has 1 saturated carbocycles. The van der Waals surface area contributed by atoms with Crippen molar-refractivity contribution in [2.45, 2.75) is 64.2 Å². The van der Waals surface area contributed by atoms with Crippen LogP contribution in [0.5, 0.6) is 0 Å². The molecule has 254 valence electrons. The molecular weight excluding hydrogens is 640 g/mol. The summed E-state index contributed by atoms with van der Waals surface area (Å²) in [6.45, 7) is 9.68. The molecule has 49 heavy (non-hydrogen) atoms. The molecular formula is C38H41FN6O3S. The van der Waals surface area contributed by atoms with E-state index in [-0.39, 0.29) is 23.0 Å². The highest BCUT2D eigenvalue weighted by Crippen LogP contribution is 2.29. The van der Waals surface area contributed by atoms with E-state index >= 15 is 0 Å². The summed E-state index contributed by atoms with van der Waals surface area (Å²) in [4.78, 5) is 49.9. The molecule has 1 amide bonds. The number of carbonyl (C=O) groups is 1. The molecule has 0 unspecified atom stereocenters. The summed E-state index contributed by atoms with van der Waals surface area (Å²) in [5.41, 5.74) is 3.40. The number of nitrogens with zero attached hydrogens (tertiary/aromatic N) is 5. The highest BCUT2D eigenvalue weighted by molar-refractivity contribution is 7.08. The second-order valence-electron chi connectivity index (χ2n) is 13.5. The maximum Gasteiger partial charge on any atom is 0.337 e. The first-order chi connectivity index (χ1) is 23.7. The van der Waals surface area contributed by atoms with Crippen molar-refractivity contribution in [3.63, 3.8) is 0 Å². The van der Waals surface area contributed by atoms with E-state index in [2.05, 4.69) is 58.2 Å². The quantitative estimate of drug-likeness (QED) is 0.221. The van der Waals surface area contributed by atoms with Crippen LogP contribution < -0.4 is 16.6 Å². The average molecular weight is 681 g/mol. The van der Waals surface area contributed by atoms with Gasteiger partial charge in [-0.1, -0.05) is 36.4 Å². The van der Waals surface area contributed by atoms with Gasteiger partial charge >= 0.3 is 5.69 Å². The van der Waals surface area contributed by atoms with Crippen molar-refractivity contribution in [3.05, 3.63) is 115 Å². The SMILES string of the molecule is CC(C)N1CCN(Cc2ccc(-c3cccc(-n4c(=O)n(C5CCC(NC(=O)c6ccsc6)CC5)c(=O)c5cc(F)cnc54)c3)cc2)CC1. The zero-order valence-electron chi connectivity index (χ0n) is 27.8. The Bertz CT molecular complexity index is 2060. The van der Waals surface area contributed by atoms with E-state index < -0.39 is 23.1 Å². The Morgan fingerprint density at radius 1 is 0.959 bits per heavy atom. The summed E-state index contributed by atoms with van der Waals surface area (Å²) in [5, 5.41) is 6.81. The zero-order chi connectivity index (χ0) is 34.1. The summed E-state index contributed by atoms with van der Waals surface area (Å²) in [6, 6.07) is 19.2. The number of halogens is 1. The van der Waals surface area contributed by atoms with Crippen LogP contribution in [0.3, 0.4) is 0 Å². The van der Waals surface area contributed by atoms with Crippen LogP contribution >= 0.6 is 11.3 Å². The standard InChI is InChI=1S/C38H41FN6O3S/c1-25(2)43-17-15-42(16-18-43)23-26-6-8-27(9-7-26)28-4-3-5-33(20-28)44-35-34(21-30(39)22-40-35)37(47)45(38(44)48)32-12-10-31(11-13-32)41-36(46)29-14-19-49-24-29/h3-9,14,19-22,24-25,31-32H,10-13,15-18,23H2,1-2H3,(H,41,46). The third-order valence-corrected chi connectivity index (χ3v) is 10.7. The molecule has 0 spiro atoms. The van der Waals surface area contributed by atoms with Crippen molar-refractivity contribution in [2.24, 2.45) is 0 Å². The van der Waals surface area contributed by atoms with Crippen LogP contribution in [0, 0.1) is 5.82 Å². The number of piperazine rings is 1. The van der Waals surface area contributed by atoms with E-state index in [4.69, 9.17) is 0 Å². The first-order valence-electron chi connectivity index (χ1n) is 17.1. The van der Waals surface area contributed by atoms with Crippen molar-refractivity contribution < 1.29 is 9.18 Å². The number of nitrogens with one attached hydrogen (secondary N) is 1. The van der Waals surface area contributed by atoms with Gasteiger partial charge in [0.25, 0.3) is 11.5 Å². The van der Waals surface area contributed by atoms with E-state index in [1.54, 1.807) is 6.07 Å². The minimum Gasteiger partial charge on any atom is -0.349 e. The normalized spacial score (nSPS) is 19.0. The molecule has 2 aromatic carbocycles. The van der Waals surface area contributed by atoms with Gasteiger partial charge < -0.3 is 5.32 Å². The second kappa shape index (κ2) is 14.2. The van der Waals surface area contributed by atoms with Gasteiger partial charge in [0.1, 0.15) is 5.82 Å². The highest BCUT2D eigenvalue weighted by Gasteiger charge is 2.28. The van der Waals surface area contributed by atoms with Crippen LogP contribution in [0.25, 0.3) is 27.8 Å². The van der Waals surface area contributed by atoms with Crippen LogP contribution in [0.1, 0.15) is 61.5 Å². The van der Waals surface area contributed by atoms with Gasteiger partial charge in [-0.3, -0.25) is 24.0 Å². The van der Waals surface area contributed by atoms with Gasteiger partial charge in [-0.15, -0.1) is 0 Å². The smallest absolute Gasteiger partial charge is 0.337 e. The molecule has 1 aliphatic carbocycles. The van der Waals surface area contributed by atoms with Gasteiger partial charge in [-0.2, -0.15) is 11.3 Å². The van der Waals surface area contributed by atoms with Crippen LogP contribution in [0.4, 0.5) is 4.39 Å². The Morgan fingerprint density at radius 2 is 1.71 bits per heavy atom. The Kier molecular flexibility index (Phi) is 9.57. The van der Waals surface area contributed by atoms with Gasteiger partial charge in [-0.05, 0) is 85.9 Å². The first kappa shape index (κ1) is 33.1. The maximum absolute atomic E-state index is 14.5. The van der Waals surface area contributed by atoms with Gasteiger partial charge in [0, 0.05) is 61.8 Å². The molecule has 1 N–H and O–H groups in total. The predicted molar refractivity (Wildman–Crippen MR) is 192 cm³/mol. The molecule has 9 nitrogen and oxygen atoms in total. The van der Waals surface area contributed by atoms with E-state index in [0.717, 1.165) is 56.1 Å². The molecule has 1 saturated heterocycles. The Hall–Kier alpha value is -4.45. The Labute approximate surface area is 288 Å². The van der Waals surface area contributed by atoms with Gasteiger partial charge in [0.05, 0.1) is 17.3 Å². The number of pyridine rings is 1. The monoisotopic (exact) mass is 680 g/mol. The summed E-state index contributed by atoms with van der Waals surface area (Å²) in [7, 11) is 0. The van der Waals surface area contributed by atoms with Crippen LogP contribution in [0.15, 0.2) is 87.2 Å². The molecule has 11 heteroatoms. The van der Waals surface area contributed by atoms with Gasteiger partial charge in [0.15, 0.2) is 5.65 Å². The largest absolute Gasteiger partial charge is 0.349 e. The fourth-order valence-electron chi connectivity index (χ4n) is 7.20. The van der Waals surface area contributed by atoms with E-state index in [1.165, 1.54) is 26.0 Å². The van der Waals surface area contributed by atoms with E-state index in [9.17, 15) is 18.8 Å². The van der Waals surface area contributed by atoms with Crippen molar-refractivity contribution in [2.75, 3.05) is 26.2 Å². The molecule has 0 atom stereocenters. The number of thiophene rings is 1. The summed E-state index contributed by atoms with van der Waals surface area (Å²) < 4.78 is 17.2. The second-order valence-corrected chi connectivity index (χ2v) is 14.2. The fourth-order valence-corrected chi connectivity index (χ4v) is 7.84. The average Bonchev–Trinajstić information content (AvgIpc) is 3.66. The van der Waals surface area contributed by atoms with Crippen molar-refractivity contribution in [3.8, 4) is 16.8 Å². The third kappa shape index (κ3) is 7.01. The molecule has 1 aliphatic heterocycles. The van der Waals surface area contributed by atoms with Gasteiger partial charge in [0.2, 0.25) is 0 Å². The fraction of sp³-hybridized carbons (Fsp3) is 0.368. The third-order valence-electron chi connectivity index (χ3n) is 10.0. The highest BCUT2D eigenvalue weighted by atomic mass is 32.1. The molecule has 3 aromatic heterocycles. The molecule has 2 fully saturated rings. The molecule has 5 aromatic rings. The number of aromatic nitrogens is 3. The first-order valence-corrected chi connectivity index (χ1v) is 18.0. The van der Waals surface area contributed by atoms with Crippen molar-refractivity contribution in [1.29, 1.82) is 0 Å². The number of hydrogen-bond donors (Lipinski definition) is 1. The lowest BCUT2D eigenvalue weighted by Crippen LogP contribution is -2.48. The van der Waals surface area contributed by atoms with E-state index in [1.807, 2.05) is 35.0 Å². The molecule has 2 aliphatic rings. The number of carbonyl (C=O) groups excluding carboxylic acids is 1. The molecule has 4 heterocycles. The lowest BCUT2D eigenvalue weighted by molar-refractivity contribution is 0.0922. The van der Waals surface area contributed by atoms with Crippen LogP contribution in [-0.2, 0) is 6.54 Å². The van der Waals surface area contributed by atoms with Crippen LogP contribution in [0.2, 0.25) is 0 Å². The lowest BCUT2D eigenvalue weighted by Gasteiger charge is -2.36. The summed E-state index contributed by atoms with van der Waals surface area (Å²) in [5.74, 6) is -0.761. The Morgan fingerprint density at radius 3 is 2.41 bits per heavy atom. The van der Waals surface area contributed by atoms with Gasteiger partial charge in [-0.25, -0.2) is 18.7 Å². The lowest BCUT2D eigenvalue weighted by atomic mass is 9.90. The molecule has 0 bridgehead atoms. The number of rotatable bonds is 8. The predicted octanol–water partition coefficient (Wildman–Crippen LogP) is 5.85. The summed E-state index contributed by atoms with van der Waals surface area (Å²) in [6.07, 6.45) is 3.32. The number of amides is 1. The minimum absolute atomic E-state index is 0.0523. The van der Waals surface area contributed by atoms with Crippen molar-refractivity contribution in [1.82, 2.24) is 29.2 Å². The molecule has 7 rings (SSSR count). The zero-order valence-corrected chi connectivity index (χ0v) is 28.7. The summed E-state index contributed by atoms with van der Waals surface area (Å²) >= 11 is 1.47. The van der Waals surface area contributed by atoms with E-state index in [0.29, 0.717) is 43.0 Å². The maximum atomic E-state index is 14.5. The van der Waals surface area contributed by atoms with Crippen molar-refractivity contribution >= 4 is 28.3 Å². The number of benzene rings is 2. The van der Waals surface area contributed by atoms with Crippen LogP contribution in [-0.4, -0.2) is 68.1 Å². The number of fused-ring (bicyclic) bond motifs is 1. The number of hydrogen-bond acceptors (Lipinski definition) is 7.